The van der Waals surface area contributed by atoms with Gasteiger partial charge >= 0.3 is 0 Å². The molecule has 0 fully saturated rings. The molecule has 0 atom stereocenters. The van der Waals surface area contributed by atoms with E-state index >= 15 is 0 Å². The molecule has 1 heterocycles. The third-order valence-corrected chi connectivity index (χ3v) is 8.65. The highest BCUT2D eigenvalue weighted by Crippen LogP contribution is 2.42. The predicted octanol–water partition coefficient (Wildman–Crippen LogP) is 3.59. The molecular formula is C15H23NO2Si. The van der Waals surface area contributed by atoms with Crippen molar-refractivity contribution in [3.63, 3.8) is 0 Å². The largest absolute Gasteiger partial charge is 0.542 e. The first-order chi connectivity index (χ1) is 8.63. The van der Waals surface area contributed by atoms with E-state index in [9.17, 15) is 4.79 Å². The summed E-state index contributed by atoms with van der Waals surface area (Å²) in [6.45, 7) is 11.1. The summed E-state index contributed by atoms with van der Waals surface area (Å²) in [5.74, 6) is 0.999. The summed E-state index contributed by atoms with van der Waals surface area (Å²) < 4.78 is 6.37. The monoisotopic (exact) mass is 277 g/mol. The number of anilines is 1. The van der Waals surface area contributed by atoms with Crippen molar-refractivity contribution in [2.45, 2.75) is 45.3 Å². The molecule has 0 saturated carbocycles. The van der Waals surface area contributed by atoms with E-state index in [-0.39, 0.29) is 10.9 Å². The van der Waals surface area contributed by atoms with Crippen LogP contribution in [-0.4, -0.2) is 21.3 Å². The fourth-order valence-electron chi connectivity index (χ4n) is 2.01. The molecule has 0 radical (unpaired) electrons. The summed E-state index contributed by atoms with van der Waals surface area (Å²) in [5, 5.41) is 0.150. The molecule has 104 valence electrons. The van der Waals surface area contributed by atoms with Gasteiger partial charge in [-0.2, -0.15) is 0 Å². The van der Waals surface area contributed by atoms with Crippen LogP contribution in [-0.2, 0) is 11.2 Å². The molecule has 3 nitrogen and oxygen atoms in total. The van der Waals surface area contributed by atoms with Gasteiger partial charge in [0.2, 0.25) is 5.91 Å². The van der Waals surface area contributed by atoms with E-state index in [1.165, 1.54) is 0 Å². The van der Waals surface area contributed by atoms with Crippen LogP contribution in [0.2, 0.25) is 18.1 Å². The summed E-state index contributed by atoms with van der Waals surface area (Å²) in [6, 6.07) is 5.97. The number of nitrogens with zero attached hydrogens (tertiary/aromatic N) is 1. The van der Waals surface area contributed by atoms with Crippen molar-refractivity contribution in [1.29, 1.82) is 0 Å². The normalized spacial score (nSPS) is 15.7. The molecule has 2 rings (SSSR count). The van der Waals surface area contributed by atoms with Crippen molar-refractivity contribution >= 4 is 19.9 Å². The van der Waals surface area contributed by atoms with Gasteiger partial charge in [0, 0.05) is 7.05 Å². The lowest BCUT2D eigenvalue weighted by molar-refractivity contribution is -0.117. The molecule has 1 aliphatic rings. The minimum Gasteiger partial charge on any atom is -0.542 e. The van der Waals surface area contributed by atoms with Gasteiger partial charge in [0.1, 0.15) is 5.75 Å². The van der Waals surface area contributed by atoms with Crippen LogP contribution in [0.25, 0.3) is 0 Å². The molecular weight excluding hydrogens is 254 g/mol. The maximum absolute atomic E-state index is 11.8. The molecule has 4 heteroatoms. The fourth-order valence-corrected chi connectivity index (χ4v) is 3.03. The summed E-state index contributed by atoms with van der Waals surface area (Å²) in [7, 11) is -0.0521. The Morgan fingerprint density at radius 1 is 1.26 bits per heavy atom. The van der Waals surface area contributed by atoms with Crippen molar-refractivity contribution in [2.24, 2.45) is 0 Å². The lowest BCUT2D eigenvalue weighted by Gasteiger charge is -2.37. The number of benzene rings is 1. The van der Waals surface area contributed by atoms with Crippen molar-refractivity contribution in [3.8, 4) is 5.75 Å². The number of likely N-dealkylation sites (N-methyl/N-ethyl adjacent to an activating group) is 1. The Morgan fingerprint density at radius 2 is 1.89 bits per heavy atom. The Balaban J connectivity index is 2.39. The molecule has 1 aromatic rings. The minimum absolute atomic E-state index is 0.140. The first-order valence-corrected chi connectivity index (χ1v) is 9.62. The van der Waals surface area contributed by atoms with Crippen molar-refractivity contribution in [1.82, 2.24) is 0 Å². The van der Waals surface area contributed by atoms with Crippen molar-refractivity contribution in [3.05, 3.63) is 23.8 Å². The van der Waals surface area contributed by atoms with Gasteiger partial charge in [-0.25, -0.2) is 0 Å². The molecule has 0 aromatic heterocycles. The van der Waals surface area contributed by atoms with E-state index in [0.29, 0.717) is 6.42 Å². The highest BCUT2D eigenvalue weighted by atomic mass is 28.4. The zero-order chi connectivity index (χ0) is 14.4. The molecule has 0 bridgehead atoms. The average Bonchev–Trinajstić information content (AvgIpc) is 2.54. The summed E-state index contributed by atoms with van der Waals surface area (Å²) in [6.07, 6.45) is 0.487. The predicted molar refractivity (Wildman–Crippen MR) is 81.4 cm³/mol. The Bertz CT molecular complexity index is 517. The first kappa shape index (κ1) is 14.1. The number of hydrogen-bond acceptors (Lipinski definition) is 2. The third-order valence-electron chi connectivity index (χ3n) is 4.31. The van der Waals surface area contributed by atoms with Crippen LogP contribution in [0.5, 0.6) is 5.75 Å². The Hall–Kier alpha value is -1.29. The van der Waals surface area contributed by atoms with E-state index in [1.54, 1.807) is 4.90 Å². The van der Waals surface area contributed by atoms with E-state index in [1.807, 2.05) is 25.2 Å². The zero-order valence-corrected chi connectivity index (χ0v) is 13.7. The van der Waals surface area contributed by atoms with Crippen LogP contribution >= 0.6 is 0 Å². The molecule has 0 aliphatic carbocycles. The highest BCUT2D eigenvalue weighted by Gasteiger charge is 2.40. The van der Waals surface area contributed by atoms with E-state index in [4.69, 9.17) is 4.43 Å². The molecule has 1 amide bonds. The zero-order valence-electron chi connectivity index (χ0n) is 12.7. The van der Waals surface area contributed by atoms with E-state index in [0.717, 1.165) is 17.0 Å². The van der Waals surface area contributed by atoms with Gasteiger partial charge in [-0.15, -0.1) is 0 Å². The Labute approximate surface area is 116 Å². The molecule has 0 N–H and O–H groups in total. The van der Waals surface area contributed by atoms with Crippen LogP contribution in [0.1, 0.15) is 26.3 Å². The van der Waals surface area contributed by atoms with Crippen LogP contribution < -0.4 is 9.33 Å². The Kier molecular flexibility index (Phi) is 3.25. The minimum atomic E-state index is -1.88. The second kappa shape index (κ2) is 4.37. The van der Waals surface area contributed by atoms with Gasteiger partial charge in [0.25, 0.3) is 8.32 Å². The number of rotatable bonds is 2. The van der Waals surface area contributed by atoms with Crippen LogP contribution in [0.4, 0.5) is 5.69 Å². The van der Waals surface area contributed by atoms with Crippen LogP contribution in [0, 0.1) is 0 Å². The third kappa shape index (κ3) is 2.41. The molecule has 0 spiro atoms. The second-order valence-electron chi connectivity index (χ2n) is 6.76. The van der Waals surface area contributed by atoms with Crippen LogP contribution in [0.15, 0.2) is 18.2 Å². The molecule has 1 aromatic carbocycles. The number of amides is 1. The molecule has 1 aliphatic heterocycles. The lowest BCUT2D eigenvalue weighted by Crippen LogP contribution is -2.44. The van der Waals surface area contributed by atoms with E-state index < -0.39 is 8.32 Å². The number of hydrogen-bond donors (Lipinski definition) is 0. The van der Waals surface area contributed by atoms with Gasteiger partial charge in [-0.1, -0.05) is 32.9 Å². The van der Waals surface area contributed by atoms with Crippen molar-refractivity contribution < 1.29 is 9.22 Å². The van der Waals surface area contributed by atoms with Gasteiger partial charge in [0.05, 0.1) is 12.1 Å². The average molecular weight is 277 g/mol. The number of carbonyl (C=O) groups is 1. The van der Waals surface area contributed by atoms with Gasteiger partial charge in [-0.3, -0.25) is 4.79 Å². The SMILES string of the molecule is CN1C(=O)Cc2cccc(O[Si](C)(C)C(C)(C)C)c21. The van der Waals surface area contributed by atoms with Gasteiger partial charge < -0.3 is 9.33 Å². The van der Waals surface area contributed by atoms with Gasteiger partial charge in [-0.05, 0) is 29.8 Å². The molecule has 0 saturated heterocycles. The standard InChI is InChI=1S/C15H23NO2Si/c1-15(2,3)19(5,6)18-12-9-7-8-11-10-13(17)16(4)14(11)12/h7-9H,10H2,1-6H3. The quantitative estimate of drug-likeness (QED) is 0.773. The lowest BCUT2D eigenvalue weighted by atomic mass is 10.1. The smallest absolute Gasteiger partial charge is 0.250 e. The first-order valence-electron chi connectivity index (χ1n) is 6.71. The highest BCUT2D eigenvalue weighted by molar-refractivity contribution is 6.74. The fraction of sp³-hybridized carbons (Fsp3) is 0.533. The van der Waals surface area contributed by atoms with Gasteiger partial charge in [0.15, 0.2) is 0 Å². The number of para-hydroxylation sites is 1. The summed E-state index contributed by atoms with van der Waals surface area (Å²) >= 11 is 0. The maximum Gasteiger partial charge on any atom is 0.250 e. The van der Waals surface area contributed by atoms with Crippen LogP contribution in [0.3, 0.4) is 0 Å². The topological polar surface area (TPSA) is 29.5 Å². The second-order valence-corrected chi connectivity index (χ2v) is 11.5. The maximum atomic E-state index is 11.8. The summed E-state index contributed by atoms with van der Waals surface area (Å²) in [5.41, 5.74) is 2.03. The summed E-state index contributed by atoms with van der Waals surface area (Å²) in [4.78, 5) is 13.5. The molecule has 19 heavy (non-hydrogen) atoms. The molecule has 0 unspecified atom stereocenters. The van der Waals surface area contributed by atoms with E-state index in [2.05, 4.69) is 33.9 Å². The Morgan fingerprint density at radius 3 is 2.47 bits per heavy atom. The number of carbonyl (C=O) groups excluding carboxylic acids is 1. The number of fused-ring (bicyclic) bond motifs is 1. The van der Waals surface area contributed by atoms with Crippen molar-refractivity contribution in [2.75, 3.05) is 11.9 Å².